The van der Waals surface area contributed by atoms with E-state index in [2.05, 4.69) is 50.8 Å². The number of aryl methyl sites for hydroxylation is 2. The summed E-state index contributed by atoms with van der Waals surface area (Å²) in [6.07, 6.45) is 3.99. The van der Waals surface area contributed by atoms with Crippen molar-refractivity contribution >= 4 is 0 Å². The maximum Gasteiger partial charge on any atom is 0.0424 e. The Labute approximate surface area is 124 Å². The molecule has 1 aromatic rings. The van der Waals surface area contributed by atoms with Gasteiger partial charge >= 0.3 is 0 Å². The van der Waals surface area contributed by atoms with Crippen molar-refractivity contribution < 1.29 is 0 Å². The lowest BCUT2D eigenvalue weighted by atomic mass is 10.0. The van der Waals surface area contributed by atoms with Crippen LogP contribution in [0.5, 0.6) is 0 Å². The van der Waals surface area contributed by atoms with Crippen LogP contribution in [-0.4, -0.2) is 24.0 Å². The van der Waals surface area contributed by atoms with Crippen molar-refractivity contribution in [3.05, 3.63) is 34.9 Å². The van der Waals surface area contributed by atoms with Gasteiger partial charge in [-0.25, -0.2) is 0 Å². The summed E-state index contributed by atoms with van der Waals surface area (Å²) in [6, 6.07) is 7.59. The molecule has 2 nitrogen and oxygen atoms in total. The first-order chi connectivity index (χ1) is 9.47. The molecule has 0 radical (unpaired) electrons. The average molecular weight is 274 g/mol. The fourth-order valence-electron chi connectivity index (χ4n) is 2.64. The molecule has 0 amide bonds. The largest absolute Gasteiger partial charge is 0.323 e. The zero-order valence-corrected chi connectivity index (χ0v) is 13.5. The second-order valence-corrected chi connectivity index (χ2v) is 6.86. The zero-order valence-electron chi connectivity index (χ0n) is 13.5. The van der Waals surface area contributed by atoms with Crippen LogP contribution in [0.15, 0.2) is 18.2 Å². The Bertz CT molecular complexity index is 435. The maximum atomic E-state index is 6.45. The lowest BCUT2D eigenvalue weighted by Crippen LogP contribution is -2.35. The molecule has 2 heteroatoms. The molecule has 0 saturated heterocycles. The van der Waals surface area contributed by atoms with Crippen molar-refractivity contribution in [1.29, 1.82) is 0 Å². The Morgan fingerprint density at radius 1 is 1.20 bits per heavy atom. The second-order valence-electron chi connectivity index (χ2n) is 6.86. The number of rotatable bonds is 7. The molecule has 1 aromatic carbocycles. The minimum absolute atomic E-state index is 0.141. The molecule has 1 aliphatic rings. The molecule has 1 aliphatic carbocycles. The number of hydrogen-bond donors (Lipinski definition) is 1. The third-order valence-corrected chi connectivity index (χ3v) is 4.45. The van der Waals surface area contributed by atoms with Gasteiger partial charge < -0.3 is 5.73 Å². The second kappa shape index (κ2) is 6.73. The van der Waals surface area contributed by atoms with Gasteiger partial charge in [-0.1, -0.05) is 32.0 Å². The number of nitrogens with zero attached hydrogens (tertiary/aromatic N) is 1. The van der Waals surface area contributed by atoms with Crippen molar-refractivity contribution in [2.75, 3.05) is 13.1 Å². The average Bonchev–Trinajstić information content (AvgIpc) is 3.21. The molecule has 0 heterocycles. The van der Waals surface area contributed by atoms with Crippen molar-refractivity contribution in [2.45, 2.75) is 59.0 Å². The molecule has 112 valence electrons. The van der Waals surface area contributed by atoms with Crippen LogP contribution in [0.2, 0.25) is 0 Å². The Morgan fingerprint density at radius 2 is 1.90 bits per heavy atom. The van der Waals surface area contributed by atoms with Gasteiger partial charge in [0.2, 0.25) is 0 Å². The molecule has 0 spiro atoms. The van der Waals surface area contributed by atoms with Crippen molar-refractivity contribution in [2.24, 2.45) is 11.7 Å². The fraction of sp³-hybridized carbons (Fsp3) is 0.667. The van der Waals surface area contributed by atoms with Crippen molar-refractivity contribution in [1.82, 2.24) is 4.90 Å². The molecule has 0 bridgehead atoms. The van der Waals surface area contributed by atoms with Gasteiger partial charge in [-0.15, -0.1) is 0 Å². The Balaban J connectivity index is 1.96. The minimum Gasteiger partial charge on any atom is -0.323 e. The van der Waals surface area contributed by atoms with E-state index in [-0.39, 0.29) is 6.04 Å². The highest BCUT2D eigenvalue weighted by atomic mass is 15.2. The minimum atomic E-state index is 0.141. The topological polar surface area (TPSA) is 29.3 Å². The van der Waals surface area contributed by atoms with Gasteiger partial charge in [0.15, 0.2) is 0 Å². The quantitative estimate of drug-likeness (QED) is 0.819. The molecule has 2 rings (SSSR count). The number of benzene rings is 1. The molecule has 1 saturated carbocycles. The van der Waals surface area contributed by atoms with Crippen molar-refractivity contribution in [3.63, 3.8) is 0 Å². The van der Waals surface area contributed by atoms with Gasteiger partial charge in [0.1, 0.15) is 0 Å². The predicted octanol–water partition coefficient (Wildman–Crippen LogP) is 3.81. The lowest BCUT2D eigenvalue weighted by molar-refractivity contribution is 0.233. The van der Waals surface area contributed by atoms with E-state index < -0.39 is 0 Å². The smallest absolute Gasteiger partial charge is 0.0424 e. The molecule has 1 unspecified atom stereocenters. The normalized spacial score (nSPS) is 16.9. The van der Waals surface area contributed by atoms with E-state index in [1.807, 2.05) is 0 Å². The van der Waals surface area contributed by atoms with Gasteiger partial charge in [-0.3, -0.25) is 4.90 Å². The summed E-state index contributed by atoms with van der Waals surface area (Å²) in [4.78, 5) is 2.61. The van der Waals surface area contributed by atoms with E-state index in [0.717, 1.165) is 18.5 Å². The fourth-order valence-corrected chi connectivity index (χ4v) is 2.64. The van der Waals surface area contributed by atoms with E-state index in [1.165, 1.54) is 42.5 Å². The van der Waals surface area contributed by atoms with Crippen LogP contribution in [0.25, 0.3) is 0 Å². The molecule has 0 aromatic heterocycles. The summed E-state index contributed by atoms with van der Waals surface area (Å²) in [5.74, 6) is 0.772. The van der Waals surface area contributed by atoms with Crippen LogP contribution in [0.1, 0.15) is 55.8 Å². The summed E-state index contributed by atoms with van der Waals surface area (Å²) < 4.78 is 0. The Morgan fingerprint density at radius 3 is 2.45 bits per heavy atom. The monoisotopic (exact) mass is 274 g/mol. The molecule has 1 fully saturated rings. The zero-order chi connectivity index (χ0) is 14.7. The summed E-state index contributed by atoms with van der Waals surface area (Å²) >= 11 is 0. The van der Waals surface area contributed by atoms with Gasteiger partial charge in [0.05, 0.1) is 0 Å². The summed E-state index contributed by atoms with van der Waals surface area (Å²) in [5, 5.41) is 0. The first-order valence-electron chi connectivity index (χ1n) is 8.04. The summed E-state index contributed by atoms with van der Waals surface area (Å²) in [7, 11) is 0. The van der Waals surface area contributed by atoms with E-state index in [1.54, 1.807) is 0 Å². The van der Waals surface area contributed by atoms with Crippen LogP contribution in [0.3, 0.4) is 0 Å². The Hall–Kier alpha value is -0.860. The van der Waals surface area contributed by atoms with Crippen LogP contribution in [0, 0.1) is 19.8 Å². The van der Waals surface area contributed by atoms with Crippen molar-refractivity contribution in [3.8, 4) is 0 Å². The first kappa shape index (κ1) is 15.5. The SMILES string of the molecule is Cc1ccc(C(N)CN(CCC(C)C)C2CC2)cc1C. The van der Waals surface area contributed by atoms with E-state index in [4.69, 9.17) is 5.73 Å². The Kier molecular flexibility index (Phi) is 5.22. The van der Waals surface area contributed by atoms with Crippen LogP contribution in [-0.2, 0) is 0 Å². The summed E-state index contributed by atoms with van der Waals surface area (Å²) in [6.45, 7) is 11.1. The van der Waals surface area contributed by atoms with E-state index in [0.29, 0.717) is 0 Å². The third kappa shape index (κ3) is 4.32. The highest BCUT2D eigenvalue weighted by Gasteiger charge is 2.29. The molecule has 20 heavy (non-hydrogen) atoms. The standard InChI is InChI=1S/C18H30N2/c1-13(2)9-10-20(17-7-8-17)12-18(19)16-6-5-14(3)15(4)11-16/h5-6,11,13,17-18H,7-10,12,19H2,1-4H3. The van der Waals surface area contributed by atoms with Gasteiger partial charge in [0.25, 0.3) is 0 Å². The number of hydrogen-bond acceptors (Lipinski definition) is 2. The van der Waals surface area contributed by atoms with Crippen LogP contribution < -0.4 is 5.73 Å². The molecular formula is C18H30N2. The highest BCUT2D eigenvalue weighted by Crippen LogP contribution is 2.29. The van der Waals surface area contributed by atoms with Gasteiger partial charge in [0, 0.05) is 18.6 Å². The lowest BCUT2D eigenvalue weighted by Gasteiger charge is -2.26. The van der Waals surface area contributed by atoms with E-state index in [9.17, 15) is 0 Å². The third-order valence-electron chi connectivity index (χ3n) is 4.45. The first-order valence-corrected chi connectivity index (χ1v) is 8.04. The van der Waals surface area contributed by atoms with Gasteiger partial charge in [-0.05, 0) is 62.3 Å². The van der Waals surface area contributed by atoms with E-state index >= 15 is 0 Å². The van der Waals surface area contributed by atoms with Crippen LogP contribution in [0.4, 0.5) is 0 Å². The summed E-state index contributed by atoms with van der Waals surface area (Å²) in [5.41, 5.74) is 10.4. The van der Waals surface area contributed by atoms with Crippen LogP contribution >= 0.6 is 0 Å². The molecule has 0 aliphatic heterocycles. The van der Waals surface area contributed by atoms with Gasteiger partial charge in [-0.2, -0.15) is 0 Å². The molecule has 1 atom stereocenters. The highest BCUT2D eigenvalue weighted by molar-refractivity contribution is 5.31. The molecular weight excluding hydrogens is 244 g/mol. The maximum absolute atomic E-state index is 6.45. The predicted molar refractivity (Wildman–Crippen MR) is 86.9 cm³/mol. The number of nitrogens with two attached hydrogens (primary N) is 1. The molecule has 2 N–H and O–H groups in total.